The van der Waals surface area contributed by atoms with Crippen LogP contribution in [0.5, 0.6) is 5.75 Å². The van der Waals surface area contributed by atoms with Crippen LogP contribution in [0.3, 0.4) is 0 Å². The summed E-state index contributed by atoms with van der Waals surface area (Å²) in [4.78, 5) is 14.4. The first kappa shape index (κ1) is 18.5. The number of methoxy groups -OCH3 is 1. The number of aromatic nitrogens is 1. The van der Waals surface area contributed by atoms with Crippen LogP contribution in [0.1, 0.15) is 53.9 Å². The first-order valence-electron chi connectivity index (χ1n) is 9.29. The van der Waals surface area contributed by atoms with Gasteiger partial charge in [0.25, 0.3) is 5.91 Å². The van der Waals surface area contributed by atoms with Crippen molar-refractivity contribution >= 4 is 5.91 Å². The predicted molar refractivity (Wildman–Crippen MR) is 99.4 cm³/mol. The third kappa shape index (κ3) is 4.64. The van der Waals surface area contributed by atoms with Crippen LogP contribution >= 0.6 is 0 Å². The normalized spacial score (nSPS) is 17.8. The highest BCUT2D eigenvalue weighted by molar-refractivity contribution is 5.91. The van der Waals surface area contributed by atoms with E-state index >= 15 is 0 Å². The van der Waals surface area contributed by atoms with E-state index in [2.05, 4.69) is 27.5 Å². The van der Waals surface area contributed by atoms with Gasteiger partial charge in [-0.05, 0) is 43.5 Å². The number of amides is 1. The minimum absolute atomic E-state index is 0.186. The van der Waals surface area contributed by atoms with Gasteiger partial charge in [-0.15, -0.1) is 0 Å². The lowest BCUT2D eigenvalue weighted by atomic mass is 9.94. The molecule has 1 fully saturated rings. The summed E-state index contributed by atoms with van der Waals surface area (Å²) in [5.41, 5.74) is 2.12. The van der Waals surface area contributed by atoms with Gasteiger partial charge in [-0.3, -0.25) is 9.69 Å². The Balaban J connectivity index is 1.61. The summed E-state index contributed by atoms with van der Waals surface area (Å²) in [6.45, 7) is 5.53. The maximum absolute atomic E-state index is 12.0. The summed E-state index contributed by atoms with van der Waals surface area (Å²) in [6, 6.07) is 9.98. The van der Waals surface area contributed by atoms with Gasteiger partial charge in [0.05, 0.1) is 12.8 Å². The number of piperidine rings is 1. The van der Waals surface area contributed by atoms with Crippen molar-refractivity contribution in [1.82, 2.24) is 15.4 Å². The largest absolute Gasteiger partial charge is 0.497 e. The Labute approximate surface area is 154 Å². The highest BCUT2D eigenvalue weighted by Crippen LogP contribution is 2.28. The first-order valence-corrected chi connectivity index (χ1v) is 9.29. The van der Waals surface area contributed by atoms with Crippen LogP contribution in [-0.4, -0.2) is 42.7 Å². The summed E-state index contributed by atoms with van der Waals surface area (Å²) < 4.78 is 10.6. The van der Waals surface area contributed by atoms with E-state index in [0.717, 1.165) is 50.3 Å². The van der Waals surface area contributed by atoms with Gasteiger partial charge in [-0.1, -0.05) is 24.2 Å². The fourth-order valence-corrected chi connectivity index (χ4v) is 3.38. The quantitative estimate of drug-likeness (QED) is 0.824. The van der Waals surface area contributed by atoms with Crippen LogP contribution in [-0.2, 0) is 6.54 Å². The molecule has 1 atom stereocenters. The SMILES string of the molecule is CCCNC(=O)c1cc([C@@H]2CCCN(Cc3cccc(OC)c3)C2)no1. The van der Waals surface area contributed by atoms with Gasteiger partial charge >= 0.3 is 0 Å². The molecule has 0 unspecified atom stereocenters. The van der Waals surface area contributed by atoms with E-state index in [1.54, 1.807) is 13.2 Å². The Kier molecular flexibility index (Phi) is 6.28. The minimum atomic E-state index is -0.186. The first-order chi connectivity index (χ1) is 12.7. The van der Waals surface area contributed by atoms with Crippen molar-refractivity contribution in [2.24, 2.45) is 0 Å². The van der Waals surface area contributed by atoms with E-state index in [1.165, 1.54) is 5.56 Å². The second kappa shape index (κ2) is 8.85. The fraction of sp³-hybridized carbons (Fsp3) is 0.500. The van der Waals surface area contributed by atoms with Gasteiger partial charge in [0.2, 0.25) is 5.76 Å². The topological polar surface area (TPSA) is 67.6 Å². The van der Waals surface area contributed by atoms with Gasteiger partial charge in [0, 0.05) is 31.6 Å². The third-order valence-corrected chi connectivity index (χ3v) is 4.75. The molecule has 0 radical (unpaired) electrons. The summed E-state index contributed by atoms with van der Waals surface area (Å²) in [6.07, 6.45) is 3.07. The molecule has 1 amide bonds. The Morgan fingerprint density at radius 2 is 2.31 bits per heavy atom. The third-order valence-electron chi connectivity index (χ3n) is 4.75. The number of hydrogen-bond acceptors (Lipinski definition) is 5. The molecule has 1 saturated heterocycles. The number of carbonyl (C=O) groups excluding carboxylic acids is 1. The van der Waals surface area contributed by atoms with Crippen LogP contribution in [0, 0.1) is 0 Å². The van der Waals surface area contributed by atoms with E-state index < -0.39 is 0 Å². The van der Waals surface area contributed by atoms with Gasteiger partial charge in [0.1, 0.15) is 5.75 Å². The van der Waals surface area contributed by atoms with Gasteiger partial charge in [0.15, 0.2) is 0 Å². The zero-order chi connectivity index (χ0) is 18.4. The van der Waals surface area contributed by atoms with E-state index in [-0.39, 0.29) is 5.91 Å². The average Bonchev–Trinajstić information content (AvgIpc) is 3.17. The highest BCUT2D eigenvalue weighted by Gasteiger charge is 2.25. The molecule has 3 rings (SSSR count). The average molecular weight is 357 g/mol. The van der Waals surface area contributed by atoms with E-state index in [1.807, 2.05) is 19.1 Å². The molecule has 1 aromatic carbocycles. The highest BCUT2D eigenvalue weighted by atomic mass is 16.5. The maximum atomic E-state index is 12.0. The van der Waals surface area contributed by atoms with Crippen molar-refractivity contribution in [2.75, 3.05) is 26.7 Å². The monoisotopic (exact) mass is 357 g/mol. The molecular formula is C20H27N3O3. The molecule has 0 bridgehead atoms. The summed E-state index contributed by atoms with van der Waals surface area (Å²) >= 11 is 0. The Morgan fingerprint density at radius 3 is 3.12 bits per heavy atom. The molecule has 6 heteroatoms. The molecule has 0 aliphatic carbocycles. The summed E-state index contributed by atoms with van der Waals surface area (Å²) in [5.74, 6) is 1.30. The maximum Gasteiger partial charge on any atom is 0.289 e. The van der Waals surface area contributed by atoms with Crippen LogP contribution in [0.4, 0.5) is 0 Å². The van der Waals surface area contributed by atoms with Crippen LogP contribution in [0.15, 0.2) is 34.9 Å². The summed E-state index contributed by atoms with van der Waals surface area (Å²) in [5, 5.41) is 6.98. The summed E-state index contributed by atoms with van der Waals surface area (Å²) in [7, 11) is 1.69. The molecule has 0 spiro atoms. The number of nitrogens with one attached hydrogen (secondary N) is 1. The van der Waals surface area contributed by atoms with Crippen LogP contribution in [0.2, 0.25) is 0 Å². The van der Waals surface area contributed by atoms with Crippen molar-refractivity contribution in [3.05, 3.63) is 47.3 Å². The molecule has 0 saturated carbocycles. The molecule has 2 heterocycles. The number of likely N-dealkylation sites (tertiary alicyclic amines) is 1. The van der Waals surface area contributed by atoms with Crippen molar-refractivity contribution in [3.63, 3.8) is 0 Å². The molecular weight excluding hydrogens is 330 g/mol. The van der Waals surface area contributed by atoms with Gasteiger partial charge < -0.3 is 14.6 Å². The van der Waals surface area contributed by atoms with E-state index in [0.29, 0.717) is 18.2 Å². The predicted octanol–water partition coefficient (Wildman–Crippen LogP) is 3.20. The van der Waals surface area contributed by atoms with E-state index in [4.69, 9.17) is 9.26 Å². The minimum Gasteiger partial charge on any atom is -0.497 e. The molecule has 1 aromatic heterocycles. The Hall–Kier alpha value is -2.34. The van der Waals surface area contributed by atoms with Crippen molar-refractivity contribution in [3.8, 4) is 5.75 Å². The number of rotatable bonds is 7. The van der Waals surface area contributed by atoms with Crippen molar-refractivity contribution < 1.29 is 14.1 Å². The lowest BCUT2D eigenvalue weighted by Gasteiger charge is -2.31. The number of benzene rings is 1. The second-order valence-electron chi connectivity index (χ2n) is 6.80. The second-order valence-corrected chi connectivity index (χ2v) is 6.80. The zero-order valence-corrected chi connectivity index (χ0v) is 15.5. The number of ether oxygens (including phenoxy) is 1. The zero-order valence-electron chi connectivity index (χ0n) is 15.5. The lowest BCUT2D eigenvalue weighted by molar-refractivity contribution is 0.0916. The van der Waals surface area contributed by atoms with Gasteiger partial charge in [-0.25, -0.2) is 0 Å². The molecule has 1 aliphatic rings. The molecule has 1 N–H and O–H groups in total. The molecule has 1 aliphatic heterocycles. The molecule has 26 heavy (non-hydrogen) atoms. The van der Waals surface area contributed by atoms with E-state index in [9.17, 15) is 4.79 Å². The van der Waals surface area contributed by atoms with Gasteiger partial charge in [-0.2, -0.15) is 0 Å². The van der Waals surface area contributed by atoms with Crippen LogP contribution < -0.4 is 10.1 Å². The fourth-order valence-electron chi connectivity index (χ4n) is 3.38. The van der Waals surface area contributed by atoms with Crippen LogP contribution in [0.25, 0.3) is 0 Å². The molecule has 6 nitrogen and oxygen atoms in total. The lowest BCUT2D eigenvalue weighted by Crippen LogP contribution is -2.34. The smallest absolute Gasteiger partial charge is 0.289 e. The number of nitrogens with zero attached hydrogens (tertiary/aromatic N) is 2. The molecule has 2 aromatic rings. The standard InChI is InChI=1S/C20H27N3O3/c1-3-9-21-20(24)19-12-18(22-26-19)16-7-5-10-23(14-16)13-15-6-4-8-17(11-15)25-2/h4,6,8,11-12,16H,3,5,7,9-10,13-14H2,1-2H3,(H,21,24)/t16-/m1/s1. The van der Waals surface area contributed by atoms with Crippen molar-refractivity contribution in [2.45, 2.75) is 38.6 Å². The number of carbonyl (C=O) groups is 1. The van der Waals surface area contributed by atoms with Crippen molar-refractivity contribution in [1.29, 1.82) is 0 Å². The molecule has 140 valence electrons. The Bertz CT molecular complexity index is 729. The number of hydrogen-bond donors (Lipinski definition) is 1. The Morgan fingerprint density at radius 1 is 1.42 bits per heavy atom.